The van der Waals surface area contributed by atoms with Crippen LogP contribution in [0.1, 0.15) is 23.2 Å². The third-order valence-corrected chi connectivity index (χ3v) is 5.92. The van der Waals surface area contributed by atoms with Crippen molar-refractivity contribution in [3.63, 3.8) is 0 Å². The second-order valence-corrected chi connectivity index (χ2v) is 7.99. The van der Waals surface area contributed by atoms with Crippen LogP contribution in [0.3, 0.4) is 0 Å². The highest BCUT2D eigenvalue weighted by Crippen LogP contribution is 2.34. The van der Waals surface area contributed by atoms with Crippen molar-refractivity contribution in [3.8, 4) is 5.75 Å². The molecule has 1 amide bonds. The Labute approximate surface area is 182 Å². The summed E-state index contributed by atoms with van der Waals surface area (Å²) in [4.78, 5) is 22.4. The molecule has 31 heavy (non-hydrogen) atoms. The van der Waals surface area contributed by atoms with E-state index in [1.54, 1.807) is 19.6 Å². The number of carbonyl (C=O) groups excluding carboxylic acids is 1. The number of carbonyl (C=O) groups is 1. The van der Waals surface area contributed by atoms with E-state index in [1.165, 1.54) is 0 Å². The average molecular weight is 421 g/mol. The van der Waals surface area contributed by atoms with E-state index in [4.69, 9.17) is 4.74 Å². The molecule has 0 bridgehead atoms. The van der Waals surface area contributed by atoms with E-state index < -0.39 is 11.6 Å². The number of ether oxygens (including phenoxy) is 1. The number of imidazole rings is 1. The Morgan fingerprint density at radius 1 is 1.29 bits per heavy atom. The Balaban J connectivity index is 1.52. The molecule has 2 heterocycles. The molecule has 162 valence electrons. The number of nitrogens with zero attached hydrogens (tertiary/aromatic N) is 2. The molecule has 1 aliphatic heterocycles. The number of aliphatic hydroxyl groups excluding tert-OH is 1. The zero-order valence-corrected chi connectivity index (χ0v) is 17.6. The normalized spacial score (nSPS) is 21.5. The molecule has 7 heteroatoms. The first kappa shape index (κ1) is 21.1. The van der Waals surface area contributed by atoms with E-state index in [0.29, 0.717) is 19.5 Å². The molecule has 0 saturated carbocycles. The number of aromatic amines is 1. The van der Waals surface area contributed by atoms with Crippen molar-refractivity contribution < 1.29 is 14.6 Å². The predicted octanol–water partition coefficient (Wildman–Crippen LogP) is 2.24. The van der Waals surface area contributed by atoms with Crippen molar-refractivity contribution in [2.45, 2.75) is 31.0 Å². The maximum absolute atomic E-state index is 13.1. The van der Waals surface area contributed by atoms with E-state index in [2.05, 4.69) is 20.2 Å². The van der Waals surface area contributed by atoms with Crippen LogP contribution < -0.4 is 10.1 Å². The Kier molecular flexibility index (Phi) is 6.34. The van der Waals surface area contributed by atoms with Gasteiger partial charge in [0.1, 0.15) is 5.75 Å². The smallest absolute Gasteiger partial charge is 0.225 e. The Morgan fingerprint density at radius 2 is 2.13 bits per heavy atom. The molecule has 0 radical (unpaired) electrons. The van der Waals surface area contributed by atoms with Crippen molar-refractivity contribution in [1.29, 1.82) is 0 Å². The number of hydrogen-bond acceptors (Lipinski definition) is 5. The van der Waals surface area contributed by atoms with Gasteiger partial charge in [-0.2, -0.15) is 0 Å². The lowest BCUT2D eigenvalue weighted by molar-refractivity contribution is -0.126. The summed E-state index contributed by atoms with van der Waals surface area (Å²) in [6.07, 6.45) is 3.53. The van der Waals surface area contributed by atoms with E-state index in [0.717, 1.165) is 29.1 Å². The second kappa shape index (κ2) is 9.32. The van der Waals surface area contributed by atoms with Crippen LogP contribution in [0.2, 0.25) is 0 Å². The highest BCUT2D eigenvalue weighted by atomic mass is 16.5. The van der Waals surface area contributed by atoms with Crippen LogP contribution in [0.15, 0.2) is 67.1 Å². The number of aromatic nitrogens is 2. The van der Waals surface area contributed by atoms with Gasteiger partial charge in [0.2, 0.25) is 5.91 Å². The topological polar surface area (TPSA) is 90.5 Å². The molecule has 1 saturated heterocycles. The van der Waals surface area contributed by atoms with Gasteiger partial charge in [0.05, 0.1) is 31.5 Å². The molecule has 1 fully saturated rings. The molecule has 4 rings (SSSR count). The third-order valence-electron chi connectivity index (χ3n) is 5.92. The zero-order chi connectivity index (χ0) is 21.7. The minimum atomic E-state index is -0.832. The van der Waals surface area contributed by atoms with Gasteiger partial charge in [0.15, 0.2) is 0 Å². The van der Waals surface area contributed by atoms with E-state index in [-0.39, 0.29) is 12.3 Å². The fraction of sp³-hybridized carbons (Fsp3) is 0.333. The van der Waals surface area contributed by atoms with Crippen LogP contribution in [0.4, 0.5) is 0 Å². The van der Waals surface area contributed by atoms with Crippen molar-refractivity contribution in [1.82, 2.24) is 20.2 Å². The molecule has 3 N–H and O–H groups in total. The summed E-state index contributed by atoms with van der Waals surface area (Å²) >= 11 is 0. The predicted molar refractivity (Wildman–Crippen MR) is 117 cm³/mol. The minimum Gasteiger partial charge on any atom is -0.497 e. The maximum atomic E-state index is 13.1. The van der Waals surface area contributed by atoms with E-state index in [1.807, 2.05) is 54.6 Å². The van der Waals surface area contributed by atoms with Crippen molar-refractivity contribution >= 4 is 5.91 Å². The standard InChI is InChI=1S/C24H28N4O3/c1-31-21-9-5-6-18(12-21)13-23(30)27-24(19-7-3-2-4-8-19)10-11-28(16-22(24)29)15-20-14-25-17-26-20/h2-9,12,14,17,22,29H,10-11,13,15-16H2,1H3,(H,25,26)(H,27,30)/t22-,24-/m1/s1. The zero-order valence-electron chi connectivity index (χ0n) is 17.6. The lowest BCUT2D eigenvalue weighted by Crippen LogP contribution is -2.62. The first-order chi connectivity index (χ1) is 15.1. The number of rotatable bonds is 7. The van der Waals surface area contributed by atoms with Gasteiger partial charge in [-0.1, -0.05) is 42.5 Å². The summed E-state index contributed by atoms with van der Waals surface area (Å²) in [6, 6.07) is 17.3. The van der Waals surface area contributed by atoms with Crippen LogP contribution in [0.5, 0.6) is 5.75 Å². The fourth-order valence-electron chi connectivity index (χ4n) is 4.30. The summed E-state index contributed by atoms with van der Waals surface area (Å²) in [5.41, 5.74) is 1.96. The quantitative estimate of drug-likeness (QED) is 0.545. The van der Waals surface area contributed by atoms with Crippen LogP contribution in [0, 0.1) is 0 Å². The second-order valence-electron chi connectivity index (χ2n) is 7.99. The monoisotopic (exact) mass is 420 g/mol. The Morgan fingerprint density at radius 3 is 2.84 bits per heavy atom. The molecule has 2 aromatic carbocycles. The highest BCUT2D eigenvalue weighted by Gasteiger charge is 2.44. The average Bonchev–Trinajstić information content (AvgIpc) is 3.29. The van der Waals surface area contributed by atoms with Crippen LogP contribution >= 0.6 is 0 Å². The molecule has 0 unspecified atom stereocenters. The number of β-amino-alcohol motifs (C(OH)–C–C–N with tert-alkyl or cyclic N) is 1. The molecule has 1 aromatic heterocycles. The van der Waals surface area contributed by atoms with Gasteiger partial charge in [-0.3, -0.25) is 9.69 Å². The molecule has 0 spiro atoms. The number of likely N-dealkylation sites (tertiary alicyclic amines) is 1. The lowest BCUT2D eigenvalue weighted by atomic mass is 9.78. The minimum absolute atomic E-state index is 0.127. The van der Waals surface area contributed by atoms with Crippen molar-refractivity contribution in [2.75, 3.05) is 20.2 Å². The fourth-order valence-corrected chi connectivity index (χ4v) is 4.30. The highest BCUT2D eigenvalue weighted by molar-refractivity contribution is 5.80. The molecule has 0 aliphatic carbocycles. The molecule has 2 atom stereocenters. The molecular formula is C24H28N4O3. The van der Waals surface area contributed by atoms with Gasteiger partial charge < -0.3 is 20.1 Å². The summed E-state index contributed by atoms with van der Waals surface area (Å²) < 4.78 is 5.26. The lowest BCUT2D eigenvalue weighted by Gasteiger charge is -2.46. The van der Waals surface area contributed by atoms with Crippen molar-refractivity contribution in [2.24, 2.45) is 0 Å². The molecule has 3 aromatic rings. The largest absolute Gasteiger partial charge is 0.497 e. The first-order valence-electron chi connectivity index (χ1n) is 10.5. The van der Waals surface area contributed by atoms with Gasteiger partial charge in [-0.05, 0) is 29.7 Å². The van der Waals surface area contributed by atoms with Gasteiger partial charge >= 0.3 is 0 Å². The Bertz CT molecular complexity index is 993. The van der Waals surface area contributed by atoms with E-state index in [9.17, 15) is 9.90 Å². The number of benzene rings is 2. The van der Waals surface area contributed by atoms with E-state index >= 15 is 0 Å². The number of nitrogens with one attached hydrogen (secondary N) is 2. The number of aliphatic hydroxyl groups is 1. The summed E-state index contributed by atoms with van der Waals surface area (Å²) in [5.74, 6) is 0.591. The van der Waals surface area contributed by atoms with Crippen LogP contribution in [0.25, 0.3) is 0 Å². The maximum Gasteiger partial charge on any atom is 0.225 e. The molecule has 1 aliphatic rings. The summed E-state index contributed by atoms with van der Waals surface area (Å²) in [7, 11) is 1.61. The first-order valence-corrected chi connectivity index (χ1v) is 10.5. The number of H-pyrrole nitrogens is 1. The van der Waals surface area contributed by atoms with Gasteiger partial charge in [0, 0.05) is 31.5 Å². The van der Waals surface area contributed by atoms with Gasteiger partial charge in [-0.25, -0.2) is 4.98 Å². The number of amides is 1. The summed E-state index contributed by atoms with van der Waals surface area (Å²) in [5, 5.41) is 14.5. The third kappa shape index (κ3) is 4.78. The molecular weight excluding hydrogens is 392 g/mol. The number of methoxy groups -OCH3 is 1. The van der Waals surface area contributed by atoms with Gasteiger partial charge in [-0.15, -0.1) is 0 Å². The van der Waals surface area contributed by atoms with Crippen LogP contribution in [-0.4, -0.2) is 52.2 Å². The SMILES string of the molecule is COc1cccc(CC(=O)N[C@@]2(c3ccccc3)CCN(Cc3cnc[nH]3)C[C@H]2O)c1. The van der Waals surface area contributed by atoms with Gasteiger partial charge in [0.25, 0.3) is 0 Å². The number of piperidine rings is 1. The summed E-state index contributed by atoms with van der Waals surface area (Å²) in [6.45, 7) is 1.87. The Hall–Kier alpha value is -3.16. The molecule has 7 nitrogen and oxygen atoms in total. The van der Waals surface area contributed by atoms with Crippen LogP contribution in [-0.2, 0) is 23.3 Å². The van der Waals surface area contributed by atoms with Crippen molar-refractivity contribution in [3.05, 3.63) is 83.9 Å². The number of hydrogen-bond donors (Lipinski definition) is 3.